The monoisotopic (exact) mass is 396 g/mol. The van der Waals surface area contributed by atoms with Gasteiger partial charge in [0, 0.05) is 5.92 Å². The van der Waals surface area contributed by atoms with Crippen molar-refractivity contribution in [1.82, 2.24) is 0 Å². The van der Waals surface area contributed by atoms with Gasteiger partial charge in [0.15, 0.2) is 6.29 Å². The normalized spacial score (nSPS) is 49.6. The van der Waals surface area contributed by atoms with Crippen molar-refractivity contribution in [3.63, 3.8) is 0 Å². The number of rotatable bonds is 6. The Balaban J connectivity index is 0.962. The number of esters is 1. The van der Waals surface area contributed by atoms with E-state index in [1.807, 2.05) is 0 Å². The number of carbonyl (C=O) groups excluding carboxylic acids is 1. The van der Waals surface area contributed by atoms with Crippen LogP contribution in [-0.4, -0.2) is 68.2 Å². The molecule has 7 nitrogen and oxygen atoms in total. The molecule has 2 aliphatic carbocycles. The second-order valence-corrected chi connectivity index (χ2v) is 9.68. The van der Waals surface area contributed by atoms with Crippen LogP contribution in [0.5, 0.6) is 0 Å². The zero-order valence-corrected chi connectivity index (χ0v) is 16.9. The summed E-state index contributed by atoms with van der Waals surface area (Å²) in [6.07, 6.45) is 6.51. The van der Waals surface area contributed by atoms with Gasteiger partial charge in [-0.2, -0.15) is 0 Å². The molecular weight excluding hydrogens is 364 g/mol. The van der Waals surface area contributed by atoms with E-state index in [0.29, 0.717) is 43.9 Å². The van der Waals surface area contributed by atoms with Crippen molar-refractivity contribution in [1.29, 1.82) is 0 Å². The first kappa shape index (κ1) is 19.2. The van der Waals surface area contributed by atoms with Crippen LogP contribution in [0.25, 0.3) is 0 Å². The number of ether oxygens (including phenoxy) is 6. The number of carbonyl (C=O) groups is 1. The van der Waals surface area contributed by atoms with E-state index in [-0.39, 0.29) is 36.2 Å². The predicted octanol–water partition coefficient (Wildman–Crippen LogP) is 2.20. The molecule has 6 atom stereocenters. The van der Waals surface area contributed by atoms with E-state index >= 15 is 0 Å². The summed E-state index contributed by atoms with van der Waals surface area (Å²) in [6.45, 7) is 5.70. The summed E-state index contributed by atoms with van der Waals surface area (Å²) in [7, 11) is 0. The van der Waals surface area contributed by atoms with Crippen LogP contribution in [0.15, 0.2) is 0 Å². The third kappa shape index (κ3) is 3.97. The second kappa shape index (κ2) is 7.20. The van der Waals surface area contributed by atoms with Gasteiger partial charge >= 0.3 is 5.97 Å². The number of epoxide rings is 2. The SMILES string of the molecule is CC12CCC(COCC(=O)OC3COC(C4CCC5(C)OC5C4)OC3)CC1O2. The maximum atomic E-state index is 12.0. The van der Waals surface area contributed by atoms with E-state index in [9.17, 15) is 4.79 Å². The summed E-state index contributed by atoms with van der Waals surface area (Å²) >= 11 is 0. The molecule has 0 amide bonds. The van der Waals surface area contributed by atoms with Crippen LogP contribution < -0.4 is 0 Å². The molecule has 3 saturated heterocycles. The first-order chi connectivity index (χ1) is 13.4. The molecule has 6 unspecified atom stereocenters. The van der Waals surface area contributed by atoms with Gasteiger partial charge in [-0.3, -0.25) is 0 Å². The van der Waals surface area contributed by atoms with Crippen molar-refractivity contribution in [2.24, 2.45) is 11.8 Å². The molecule has 2 saturated carbocycles. The zero-order chi connectivity index (χ0) is 19.4. The Kier molecular flexibility index (Phi) is 4.95. The van der Waals surface area contributed by atoms with Crippen LogP contribution in [0.2, 0.25) is 0 Å². The summed E-state index contributed by atoms with van der Waals surface area (Å²) in [5, 5.41) is 0. The quantitative estimate of drug-likeness (QED) is 0.503. The van der Waals surface area contributed by atoms with E-state index in [0.717, 1.165) is 38.5 Å². The van der Waals surface area contributed by atoms with Gasteiger partial charge in [-0.15, -0.1) is 0 Å². The highest BCUT2D eigenvalue weighted by Gasteiger charge is 2.57. The maximum absolute atomic E-state index is 12.0. The molecule has 5 fully saturated rings. The average molecular weight is 396 g/mol. The lowest BCUT2D eigenvalue weighted by atomic mass is 9.82. The van der Waals surface area contributed by atoms with Gasteiger partial charge in [-0.25, -0.2) is 4.79 Å². The molecule has 7 heteroatoms. The van der Waals surface area contributed by atoms with Crippen LogP contribution in [0, 0.1) is 11.8 Å². The van der Waals surface area contributed by atoms with Gasteiger partial charge in [0.25, 0.3) is 0 Å². The van der Waals surface area contributed by atoms with E-state index in [1.165, 1.54) is 0 Å². The number of hydrogen-bond donors (Lipinski definition) is 0. The second-order valence-electron chi connectivity index (χ2n) is 9.68. The minimum Gasteiger partial charge on any atom is -0.456 e. The van der Waals surface area contributed by atoms with Crippen LogP contribution >= 0.6 is 0 Å². The number of fused-ring (bicyclic) bond motifs is 2. The molecule has 0 radical (unpaired) electrons. The maximum Gasteiger partial charge on any atom is 0.332 e. The highest BCUT2D eigenvalue weighted by atomic mass is 16.7. The van der Waals surface area contributed by atoms with Gasteiger partial charge in [0.1, 0.15) is 12.7 Å². The van der Waals surface area contributed by atoms with E-state index in [2.05, 4.69) is 13.8 Å². The van der Waals surface area contributed by atoms with E-state index in [4.69, 9.17) is 28.4 Å². The predicted molar refractivity (Wildman–Crippen MR) is 97.6 cm³/mol. The van der Waals surface area contributed by atoms with Gasteiger partial charge in [-0.1, -0.05) is 0 Å². The Morgan fingerprint density at radius 3 is 2.36 bits per heavy atom. The summed E-state index contributed by atoms with van der Waals surface area (Å²) in [6, 6.07) is 0. The van der Waals surface area contributed by atoms with Crippen LogP contribution in [-0.2, 0) is 33.2 Å². The fourth-order valence-electron chi connectivity index (χ4n) is 5.16. The lowest BCUT2D eigenvalue weighted by Crippen LogP contribution is -2.43. The Morgan fingerprint density at radius 2 is 1.68 bits per heavy atom. The van der Waals surface area contributed by atoms with Gasteiger partial charge in [-0.05, 0) is 58.3 Å². The molecular formula is C21H32O7. The standard InChI is InChI=1S/C21H32O7/c1-20-5-3-13(7-16(20)27-20)9-23-12-18(22)26-15-10-24-19(25-11-15)14-4-6-21(2)17(8-14)28-21/h13-17,19H,3-12H2,1-2H3. The van der Waals surface area contributed by atoms with Gasteiger partial charge in [0.2, 0.25) is 0 Å². The Hall–Kier alpha value is -0.730. The van der Waals surface area contributed by atoms with Gasteiger partial charge < -0.3 is 28.4 Å². The van der Waals surface area contributed by atoms with Crippen molar-refractivity contribution in [3.05, 3.63) is 0 Å². The minimum atomic E-state index is -0.353. The summed E-state index contributed by atoms with van der Waals surface area (Å²) in [5.74, 6) is 0.496. The highest BCUT2D eigenvalue weighted by Crippen LogP contribution is 2.50. The molecule has 0 aromatic heterocycles. The van der Waals surface area contributed by atoms with Crippen molar-refractivity contribution in [2.45, 2.75) is 88.2 Å². The highest BCUT2D eigenvalue weighted by molar-refractivity contribution is 5.70. The molecule has 3 aliphatic heterocycles. The fraction of sp³-hybridized carbons (Fsp3) is 0.952. The Bertz CT molecular complexity index is 604. The molecule has 0 aromatic rings. The fourth-order valence-corrected chi connectivity index (χ4v) is 5.16. The largest absolute Gasteiger partial charge is 0.456 e. The van der Waals surface area contributed by atoms with Crippen LogP contribution in [0.1, 0.15) is 52.4 Å². The molecule has 28 heavy (non-hydrogen) atoms. The molecule has 3 heterocycles. The third-order valence-electron chi connectivity index (χ3n) is 7.34. The summed E-state index contributed by atoms with van der Waals surface area (Å²) in [5.41, 5.74) is 0.226. The molecule has 0 N–H and O–H groups in total. The lowest BCUT2D eigenvalue weighted by Gasteiger charge is -2.35. The average Bonchev–Trinajstić information content (AvgIpc) is 3.54. The molecule has 5 rings (SSSR count). The summed E-state index contributed by atoms with van der Waals surface area (Å²) in [4.78, 5) is 12.0. The van der Waals surface area contributed by atoms with Crippen LogP contribution in [0.4, 0.5) is 0 Å². The molecule has 0 aromatic carbocycles. The molecule has 0 spiro atoms. The molecule has 5 aliphatic rings. The Morgan fingerprint density at radius 1 is 1.00 bits per heavy atom. The van der Waals surface area contributed by atoms with Gasteiger partial charge in [0.05, 0.1) is 43.2 Å². The minimum absolute atomic E-state index is 0.0144. The third-order valence-corrected chi connectivity index (χ3v) is 7.34. The zero-order valence-electron chi connectivity index (χ0n) is 16.9. The van der Waals surface area contributed by atoms with E-state index in [1.54, 1.807) is 0 Å². The van der Waals surface area contributed by atoms with Crippen molar-refractivity contribution in [3.8, 4) is 0 Å². The Labute approximate surface area is 166 Å². The van der Waals surface area contributed by atoms with Crippen molar-refractivity contribution in [2.75, 3.05) is 26.4 Å². The van der Waals surface area contributed by atoms with Crippen LogP contribution in [0.3, 0.4) is 0 Å². The molecule has 0 bridgehead atoms. The van der Waals surface area contributed by atoms with Crippen molar-refractivity contribution >= 4 is 5.97 Å². The first-order valence-electron chi connectivity index (χ1n) is 10.8. The lowest BCUT2D eigenvalue weighted by molar-refractivity contribution is -0.247. The topological polar surface area (TPSA) is 79.1 Å². The molecule has 158 valence electrons. The van der Waals surface area contributed by atoms with Crippen molar-refractivity contribution < 1.29 is 33.2 Å². The first-order valence-corrected chi connectivity index (χ1v) is 10.8. The number of hydrogen-bond acceptors (Lipinski definition) is 7. The summed E-state index contributed by atoms with van der Waals surface area (Å²) < 4.78 is 34.2. The smallest absolute Gasteiger partial charge is 0.332 e. The van der Waals surface area contributed by atoms with E-state index < -0.39 is 0 Å².